The van der Waals surface area contributed by atoms with Crippen molar-refractivity contribution in [2.75, 3.05) is 13.1 Å². The third-order valence-electron chi connectivity index (χ3n) is 4.26. The Morgan fingerprint density at radius 3 is 2.40 bits per heavy atom. The molecule has 1 heterocycles. The van der Waals surface area contributed by atoms with Crippen molar-refractivity contribution in [3.8, 4) is 5.75 Å². The number of nitrogens with one attached hydrogen (secondary N) is 1. The minimum Gasteiger partial charge on any atom is -0.508 e. The Bertz CT molecular complexity index is 460. The molecule has 3 rings (SSSR count). The van der Waals surface area contributed by atoms with Gasteiger partial charge < -0.3 is 15.3 Å². The summed E-state index contributed by atoms with van der Waals surface area (Å²) in [7, 11) is 0. The molecule has 2 fully saturated rings. The highest BCUT2D eigenvalue weighted by molar-refractivity contribution is 5.81. The molecule has 1 aliphatic carbocycles. The maximum absolute atomic E-state index is 12.0. The van der Waals surface area contributed by atoms with Crippen molar-refractivity contribution < 1.29 is 9.90 Å². The van der Waals surface area contributed by atoms with Gasteiger partial charge in [0.2, 0.25) is 5.91 Å². The smallest absolute Gasteiger partial charge is 0.225 e. The zero-order valence-corrected chi connectivity index (χ0v) is 11.7. The Morgan fingerprint density at radius 2 is 1.80 bits per heavy atom. The molecule has 0 radical (unpaired) electrons. The number of piperidine rings is 1. The normalized spacial score (nSPS) is 20.1. The van der Waals surface area contributed by atoms with Gasteiger partial charge in [-0.15, -0.1) is 0 Å². The van der Waals surface area contributed by atoms with Crippen LogP contribution in [-0.2, 0) is 11.3 Å². The highest BCUT2D eigenvalue weighted by atomic mass is 16.3. The lowest BCUT2D eigenvalue weighted by Gasteiger charge is -2.32. The van der Waals surface area contributed by atoms with Crippen LogP contribution in [0.25, 0.3) is 0 Å². The monoisotopic (exact) mass is 274 g/mol. The molecule has 1 saturated carbocycles. The van der Waals surface area contributed by atoms with Crippen LogP contribution in [0.1, 0.15) is 31.2 Å². The first-order valence-electron chi connectivity index (χ1n) is 7.52. The van der Waals surface area contributed by atoms with E-state index < -0.39 is 0 Å². The predicted molar refractivity (Wildman–Crippen MR) is 77.3 cm³/mol. The number of carbonyl (C=O) groups is 1. The average molecular weight is 274 g/mol. The molecule has 108 valence electrons. The quantitative estimate of drug-likeness (QED) is 0.881. The number of benzene rings is 1. The number of rotatable bonds is 4. The standard InChI is InChI=1S/C16H22N2O2/c19-15-5-1-12(2-6-15)11-17-14-7-9-18(10-8-14)16(20)13-3-4-13/h1-2,5-6,13-14,17,19H,3-4,7-11H2. The van der Waals surface area contributed by atoms with Crippen molar-refractivity contribution in [1.29, 1.82) is 0 Å². The number of amides is 1. The fourth-order valence-electron chi connectivity index (χ4n) is 2.77. The first-order valence-corrected chi connectivity index (χ1v) is 7.52. The number of phenolic OH excluding ortho intramolecular Hbond substituents is 1. The van der Waals surface area contributed by atoms with E-state index in [1.165, 1.54) is 5.56 Å². The lowest BCUT2D eigenvalue weighted by atomic mass is 10.0. The fourth-order valence-corrected chi connectivity index (χ4v) is 2.77. The van der Waals surface area contributed by atoms with Gasteiger partial charge in [-0.1, -0.05) is 12.1 Å². The van der Waals surface area contributed by atoms with Gasteiger partial charge in [-0.3, -0.25) is 4.79 Å². The SMILES string of the molecule is O=C(C1CC1)N1CCC(NCc2ccc(O)cc2)CC1. The number of carbonyl (C=O) groups excluding carboxylic acids is 1. The number of nitrogens with zero attached hydrogens (tertiary/aromatic N) is 1. The summed E-state index contributed by atoms with van der Waals surface area (Å²) in [6.45, 7) is 2.60. The Labute approximate surface area is 119 Å². The minimum atomic E-state index is 0.306. The van der Waals surface area contributed by atoms with E-state index in [0.717, 1.165) is 45.3 Å². The largest absolute Gasteiger partial charge is 0.508 e. The van der Waals surface area contributed by atoms with Crippen molar-refractivity contribution in [3.05, 3.63) is 29.8 Å². The molecule has 1 amide bonds. The number of hydrogen-bond acceptors (Lipinski definition) is 3. The van der Waals surface area contributed by atoms with E-state index in [1.807, 2.05) is 17.0 Å². The topological polar surface area (TPSA) is 52.6 Å². The molecule has 0 unspecified atom stereocenters. The molecule has 2 aliphatic rings. The number of phenols is 1. The molecule has 0 spiro atoms. The van der Waals surface area contributed by atoms with E-state index in [-0.39, 0.29) is 0 Å². The molecule has 2 N–H and O–H groups in total. The predicted octanol–water partition coefficient (Wildman–Crippen LogP) is 1.88. The van der Waals surface area contributed by atoms with Gasteiger partial charge in [0.1, 0.15) is 5.75 Å². The van der Waals surface area contributed by atoms with Gasteiger partial charge in [0, 0.05) is 31.6 Å². The first kappa shape index (κ1) is 13.4. The molecule has 20 heavy (non-hydrogen) atoms. The van der Waals surface area contributed by atoms with Gasteiger partial charge in [0.25, 0.3) is 0 Å². The highest BCUT2D eigenvalue weighted by Crippen LogP contribution is 2.31. The van der Waals surface area contributed by atoms with E-state index >= 15 is 0 Å². The van der Waals surface area contributed by atoms with E-state index in [2.05, 4.69) is 5.32 Å². The summed E-state index contributed by atoms with van der Waals surface area (Å²) < 4.78 is 0. The lowest BCUT2D eigenvalue weighted by molar-refractivity contribution is -0.133. The van der Waals surface area contributed by atoms with Gasteiger partial charge in [0.05, 0.1) is 0 Å². The summed E-state index contributed by atoms with van der Waals surface area (Å²) in [6, 6.07) is 7.80. The van der Waals surface area contributed by atoms with Crippen LogP contribution in [0.3, 0.4) is 0 Å². The van der Waals surface area contributed by atoms with Crippen LogP contribution in [0.4, 0.5) is 0 Å². The van der Waals surface area contributed by atoms with Crippen LogP contribution in [0.15, 0.2) is 24.3 Å². The Morgan fingerprint density at radius 1 is 1.15 bits per heavy atom. The molecule has 4 nitrogen and oxygen atoms in total. The first-order chi connectivity index (χ1) is 9.72. The van der Waals surface area contributed by atoms with E-state index in [1.54, 1.807) is 12.1 Å². The summed E-state index contributed by atoms with van der Waals surface area (Å²) in [5.41, 5.74) is 1.18. The maximum atomic E-state index is 12.0. The summed E-state index contributed by atoms with van der Waals surface area (Å²) >= 11 is 0. The summed E-state index contributed by atoms with van der Waals surface area (Å²) in [5, 5.41) is 12.8. The molecular formula is C16H22N2O2. The zero-order chi connectivity index (χ0) is 13.9. The number of likely N-dealkylation sites (tertiary alicyclic amines) is 1. The van der Waals surface area contributed by atoms with Crippen LogP contribution in [-0.4, -0.2) is 35.0 Å². The van der Waals surface area contributed by atoms with Gasteiger partial charge >= 0.3 is 0 Å². The molecule has 4 heteroatoms. The third kappa shape index (κ3) is 3.31. The third-order valence-corrected chi connectivity index (χ3v) is 4.26. The molecule has 1 aliphatic heterocycles. The van der Waals surface area contributed by atoms with Crippen LogP contribution in [0, 0.1) is 5.92 Å². The van der Waals surface area contributed by atoms with Crippen LogP contribution in [0.2, 0.25) is 0 Å². The van der Waals surface area contributed by atoms with Crippen LogP contribution in [0.5, 0.6) is 5.75 Å². The summed E-state index contributed by atoms with van der Waals surface area (Å²) in [5.74, 6) is 1.03. The molecule has 1 aromatic carbocycles. The van der Waals surface area contributed by atoms with Gasteiger partial charge in [-0.25, -0.2) is 0 Å². The highest BCUT2D eigenvalue weighted by Gasteiger charge is 2.34. The van der Waals surface area contributed by atoms with Crippen LogP contribution < -0.4 is 5.32 Å². The molecule has 1 aromatic rings. The molecule has 1 saturated heterocycles. The van der Waals surface area contributed by atoms with E-state index in [0.29, 0.717) is 23.6 Å². The Balaban J connectivity index is 1.42. The second-order valence-corrected chi connectivity index (χ2v) is 5.92. The zero-order valence-electron chi connectivity index (χ0n) is 11.7. The second-order valence-electron chi connectivity index (χ2n) is 5.92. The summed E-state index contributed by atoms with van der Waals surface area (Å²) in [4.78, 5) is 14.0. The Hall–Kier alpha value is -1.55. The fraction of sp³-hybridized carbons (Fsp3) is 0.562. The van der Waals surface area contributed by atoms with Crippen molar-refractivity contribution in [1.82, 2.24) is 10.2 Å². The average Bonchev–Trinajstić information content (AvgIpc) is 3.31. The van der Waals surface area contributed by atoms with Crippen molar-refractivity contribution in [3.63, 3.8) is 0 Å². The summed E-state index contributed by atoms with van der Waals surface area (Å²) in [6.07, 6.45) is 4.27. The second kappa shape index (κ2) is 5.83. The number of aromatic hydroxyl groups is 1. The maximum Gasteiger partial charge on any atom is 0.225 e. The van der Waals surface area contributed by atoms with Crippen molar-refractivity contribution in [2.24, 2.45) is 5.92 Å². The minimum absolute atomic E-state index is 0.306. The van der Waals surface area contributed by atoms with E-state index in [9.17, 15) is 9.90 Å². The lowest BCUT2D eigenvalue weighted by Crippen LogP contribution is -2.45. The molecule has 0 aromatic heterocycles. The molecule has 0 bridgehead atoms. The number of hydrogen-bond donors (Lipinski definition) is 2. The van der Waals surface area contributed by atoms with Gasteiger partial charge in [-0.05, 0) is 43.4 Å². The van der Waals surface area contributed by atoms with Gasteiger partial charge in [0.15, 0.2) is 0 Å². The molecular weight excluding hydrogens is 252 g/mol. The van der Waals surface area contributed by atoms with Crippen molar-refractivity contribution >= 4 is 5.91 Å². The van der Waals surface area contributed by atoms with E-state index in [4.69, 9.17) is 0 Å². The van der Waals surface area contributed by atoms with Crippen molar-refractivity contribution in [2.45, 2.75) is 38.3 Å². The van der Waals surface area contributed by atoms with Crippen LogP contribution >= 0.6 is 0 Å². The van der Waals surface area contributed by atoms with Gasteiger partial charge in [-0.2, -0.15) is 0 Å². The molecule has 0 atom stereocenters. The Kier molecular flexibility index (Phi) is 3.92.